The molecule has 1 heterocycles. The predicted molar refractivity (Wildman–Crippen MR) is 94.0 cm³/mol. The number of nitro benzene ring substituents is 1. The first-order valence-corrected chi connectivity index (χ1v) is 8.16. The minimum atomic E-state index is -1.37. The SMILES string of the molecule is O=[N+]([O-])c1ccc(C2(O)CSC(=S)N2Nc2ccccc2)cc1. The molecule has 0 aromatic heterocycles. The average molecular weight is 347 g/mol. The van der Waals surface area contributed by atoms with Gasteiger partial charge in [-0.15, -0.1) is 0 Å². The van der Waals surface area contributed by atoms with Gasteiger partial charge in [0.05, 0.1) is 16.4 Å². The number of thioether (sulfide) groups is 1. The highest BCUT2D eigenvalue weighted by atomic mass is 32.2. The van der Waals surface area contributed by atoms with Gasteiger partial charge in [0.15, 0.2) is 10.0 Å². The van der Waals surface area contributed by atoms with Gasteiger partial charge in [-0.1, -0.05) is 42.2 Å². The van der Waals surface area contributed by atoms with Crippen LogP contribution < -0.4 is 5.43 Å². The number of para-hydroxylation sites is 1. The van der Waals surface area contributed by atoms with E-state index in [-0.39, 0.29) is 5.69 Å². The summed E-state index contributed by atoms with van der Waals surface area (Å²) >= 11 is 6.66. The first-order valence-electron chi connectivity index (χ1n) is 6.77. The summed E-state index contributed by atoms with van der Waals surface area (Å²) in [6.45, 7) is 0. The van der Waals surface area contributed by atoms with Crippen molar-refractivity contribution in [2.24, 2.45) is 0 Å². The van der Waals surface area contributed by atoms with Gasteiger partial charge < -0.3 is 5.11 Å². The summed E-state index contributed by atoms with van der Waals surface area (Å²) in [6.07, 6.45) is 0. The van der Waals surface area contributed by atoms with Crippen molar-refractivity contribution in [3.05, 3.63) is 70.3 Å². The molecule has 1 aliphatic rings. The second kappa shape index (κ2) is 6.15. The molecule has 1 atom stereocenters. The van der Waals surface area contributed by atoms with Crippen LogP contribution in [0, 0.1) is 10.1 Å². The highest BCUT2D eigenvalue weighted by molar-refractivity contribution is 8.23. The van der Waals surface area contributed by atoms with E-state index in [0.717, 1.165) is 5.69 Å². The summed E-state index contributed by atoms with van der Waals surface area (Å²) in [5.41, 5.74) is 3.05. The number of rotatable bonds is 4. The number of aliphatic hydroxyl groups is 1. The third-order valence-corrected chi connectivity index (χ3v) is 5.02. The van der Waals surface area contributed by atoms with Gasteiger partial charge in [-0.25, -0.2) is 5.01 Å². The number of hydrogen-bond acceptors (Lipinski definition) is 6. The average Bonchev–Trinajstić information content (AvgIpc) is 2.85. The Bertz CT molecular complexity index is 739. The molecule has 0 saturated carbocycles. The second-order valence-electron chi connectivity index (χ2n) is 4.99. The lowest BCUT2D eigenvalue weighted by molar-refractivity contribution is -0.384. The molecule has 1 saturated heterocycles. The summed E-state index contributed by atoms with van der Waals surface area (Å²) in [5.74, 6) is 0.337. The Hall–Kier alpha value is -2.16. The third kappa shape index (κ3) is 3.00. The van der Waals surface area contributed by atoms with Crippen molar-refractivity contribution in [1.82, 2.24) is 5.01 Å². The Morgan fingerprint density at radius 2 is 1.87 bits per heavy atom. The van der Waals surface area contributed by atoms with E-state index in [1.165, 1.54) is 28.9 Å². The first-order chi connectivity index (χ1) is 11.0. The quantitative estimate of drug-likeness (QED) is 0.500. The smallest absolute Gasteiger partial charge is 0.269 e. The number of benzene rings is 2. The topological polar surface area (TPSA) is 78.6 Å². The lowest BCUT2D eigenvalue weighted by Crippen LogP contribution is -2.47. The van der Waals surface area contributed by atoms with Crippen LogP contribution in [0.2, 0.25) is 0 Å². The third-order valence-electron chi connectivity index (χ3n) is 3.50. The van der Waals surface area contributed by atoms with Crippen molar-refractivity contribution in [2.45, 2.75) is 5.72 Å². The molecule has 6 nitrogen and oxygen atoms in total. The monoisotopic (exact) mass is 347 g/mol. The van der Waals surface area contributed by atoms with Crippen LogP contribution >= 0.6 is 24.0 Å². The van der Waals surface area contributed by atoms with Crippen LogP contribution in [0.25, 0.3) is 0 Å². The van der Waals surface area contributed by atoms with E-state index in [1.54, 1.807) is 12.1 Å². The van der Waals surface area contributed by atoms with Crippen molar-refractivity contribution < 1.29 is 10.0 Å². The Balaban J connectivity index is 1.91. The molecule has 0 amide bonds. The molecule has 118 valence electrons. The fourth-order valence-corrected chi connectivity index (χ4v) is 3.60. The maximum absolute atomic E-state index is 11.1. The van der Waals surface area contributed by atoms with E-state index in [4.69, 9.17) is 12.2 Å². The molecule has 2 N–H and O–H groups in total. The number of thiocarbonyl (C=S) groups is 1. The zero-order valence-electron chi connectivity index (χ0n) is 11.9. The molecule has 0 aliphatic carbocycles. The molecule has 8 heteroatoms. The van der Waals surface area contributed by atoms with Gasteiger partial charge in [-0.05, 0) is 24.3 Å². The van der Waals surface area contributed by atoms with E-state index < -0.39 is 10.6 Å². The van der Waals surface area contributed by atoms with Crippen LogP contribution in [0.4, 0.5) is 11.4 Å². The van der Waals surface area contributed by atoms with Crippen molar-refractivity contribution >= 4 is 39.7 Å². The molecular weight excluding hydrogens is 334 g/mol. The summed E-state index contributed by atoms with van der Waals surface area (Å²) in [7, 11) is 0. The van der Waals surface area contributed by atoms with Crippen LogP contribution in [0.1, 0.15) is 5.56 Å². The van der Waals surface area contributed by atoms with Crippen LogP contribution in [0.5, 0.6) is 0 Å². The largest absolute Gasteiger partial charge is 0.365 e. The zero-order valence-corrected chi connectivity index (χ0v) is 13.5. The molecule has 0 radical (unpaired) electrons. The van der Waals surface area contributed by atoms with Crippen molar-refractivity contribution in [1.29, 1.82) is 0 Å². The van der Waals surface area contributed by atoms with E-state index in [0.29, 0.717) is 15.6 Å². The van der Waals surface area contributed by atoms with Gasteiger partial charge >= 0.3 is 0 Å². The Labute approximate surface area is 142 Å². The number of nitrogens with one attached hydrogen (secondary N) is 1. The zero-order chi connectivity index (χ0) is 16.4. The molecule has 23 heavy (non-hydrogen) atoms. The van der Waals surface area contributed by atoms with Gasteiger partial charge in [0.2, 0.25) is 0 Å². The van der Waals surface area contributed by atoms with Crippen LogP contribution in [-0.2, 0) is 5.72 Å². The number of nitro groups is 1. The number of non-ortho nitro benzene ring substituents is 1. The molecular formula is C15H13N3O3S2. The van der Waals surface area contributed by atoms with E-state index in [9.17, 15) is 15.2 Å². The summed E-state index contributed by atoms with van der Waals surface area (Å²) in [6, 6.07) is 15.2. The van der Waals surface area contributed by atoms with Gasteiger partial charge in [0, 0.05) is 17.7 Å². The summed E-state index contributed by atoms with van der Waals surface area (Å²) in [5, 5.41) is 23.4. The van der Waals surface area contributed by atoms with Crippen molar-refractivity contribution in [2.75, 3.05) is 11.2 Å². The standard InChI is InChI=1S/C15H13N3O3S2/c19-15(11-6-8-13(9-7-11)18(20)21)10-23-14(22)17(15)16-12-4-2-1-3-5-12/h1-9,16,19H,10H2. The molecule has 2 aromatic carbocycles. The van der Waals surface area contributed by atoms with E-state index in [1.807, 2.05) is 30.3 Å². The van der Waals surface area contributed by atoms with Crippen molar-refractivity contribution in [3.63, 3.8) is 0 Å². The number of nitrogens with zero attached hydrogens (tertiary/aromatic N) is 2. The lowest BCUT2D eigenvalue weighted by atomic mass is 10.0. The highest BCUT2D eigenvalue weighted by Crippen LogP contribution is 2.39. The fourth-order valence-electron chi connectivity index (χ4n) is 2.28. The van der Waals surface area contributed by atoms with Crippen LogP contribution in [0.15, 0.2) is 54.6 Å². The highest BCUT2D eigenvalue weighted by Gasteiger charge is 2.44. The second-order valence-corrected chi connectivity index (χ2v) is 6.60. The van der Waals surface area contributed by atoms with E-state index >= 15 is 0 Å². The molecule has 2 aromatic rings. The fraction of sp³-hybridized carbons (Fsp3) is 0.133. The maximum Gasteiger partial charge on any atom is 0.269 e. The Morgan fingerprint density at radius 1 is 1.22 bits per heavy atom. The molecule has 1 unspecified atom stereocenters. The minimum Gasteiger partial charge on any atom is -0.365 e. The minimum absolute atomic E-state index is 0.0202. The summed E-state index contributed by atoms with van der Waals surface area (Å²) < 4.78 is 0.509. The molecule has 1 fully saturated rings. The number of hydrazine groups is 1. The van der Waals surface area contributed by atoms with Gasteiger partial charge in [0.25, 0.3) is 5.69 Å². The first kappa shape index (κ1) is 15.7. The normalized spacial score (nSPS) is 20.6. The predicted octanol–water partition coefficient (Wildman–Crippen LogP) is 3.10. The van der Waals surface area contributed by atoms with Gasteiger partial charge in [-0.2, -0.15) is 0 Å². The number of hydrogen-bond donors (Lipinski definition) is 2. The lowest BCUT2D eigenvalue weighted by Gasteiger charge is -2.34. The van der Waals surface area contributed by atoms with E-state index in [2.05, 4.69) is 5.43 Å². The van der Waals surface area contributed by atoms with Gasteiger partial charge in [-0.3, -0.25) is 15.5 Å². The molecule has 1 aliphatic heterocycles. The molecule has 0 spiro atoms. The number of anilines is 1. The van der Waals surface area contributed by atoms with Crippen molar-refractivity contribution in [3.8, 4) is 0 Å². The summed E-state index contributed by atoms with van der Waals surface area (Å²) in [4.78, 5) is 10.3. The van der Waals surface area contributed by atoms with Crippen LogP contribution in [0.3, 0.4) is 0 Å². The van der Waals surface area contributed by atoms with Crippen LogP contribution in [-0.4, -0.2) is 25.1 Å². The molecule has 0 bridgehead atoms. The van der Waals surface area contributed by atoms with Gasteiger partial charge in [0.1, 0.15) is 0 Å². The Kier molecular flexibility index (Phi) is 4.20. The maximum atomic E-state index is 11.1. The molecule has 3 rings (SSSR count). The Morgan fingerprint density at radius 3 is 2.48 bits per heavy atom.